The molecule has 0 saturated carbocycles. The first kappa shape index (κ1) is 20.8. The van der Waals surface area contributed by atoms with Crippen LogP contribution >= 0.6 is 0 Å². The summed E-state index contributed by atoms with van der Waals surface area (Å²) in [4.78, 5) is 12.4. The molecule has 1 fully saturated rings. The first-order valence-electron chi connectivity index (χ1n) is 9.45. The van der Waals surface area contributed by atoms with Crippen LogP contribution in [-0.2, 0) is 4.74 Å². The number of benzene rings is 2. The molecule has 3 heterocycles. The molecule has 32 heavy (non-hydrogen) atoms. The maximum atomic E-state index is 15.2. The van der Waals surface area contributed by atoms with E-state index in [1.165, 1.54) is 12.1 Å². The van der Waals surface area contributed by atoms with Crippen molar-refractivity contribution in [3.63, 3.8) is 0 Å². The summed E-state index contributed by atoms with van der Waals surface area (Å²) in [6, 6.07) is 3.29. The van der Waals surface area contributed by atoms with Gasteiger partial charge < -0.3 is 43.8 Å². The monoisotopic (exact) mass is 454 g/mol. The third-order valence-electron chi connectivity index (χ3n) is 5.43. The van der Waals surface area contributed by atoms with Crippen molar-refractivity contribution in [3.05, 3.63) is 40.3 Å². The topological polar surface area (TPSA) is 148 Å². The van der Waals surface area contributed by atoms with Crippen LogP contribution in [0.15, 0.2) is 27.4 Å². The van der Waals surface area contributed by atoms with Gasteiger partial charge in [-0.3, -0.25) is 0 Å². The van der Waals surface area contributed by atoms with Crippen LogP contribution in [0.25, 0.3) is 21.7 Å². The zero-order valence-corrected chi connectivity index (χ0v) is 16.0. The van der Waals surface area contributed by atoms with Crippen LogP contribution in [0.3, 0.4) is 0 Å². The van der Waals surface area contributed by atoms with Crippen LogP contribution in [-0.4, -0.2) is 64.5 Å². The Bertz CT molecular complexity index is 1270. The Morgan fingerprint density at radius 3 is 2.38 bits per heavy atom. The molecule has 10 nitrogen and oxygen atoms in total. The maximum Gasteiger partial charge on any atom is 0.344 e. The standard InChI is InChI=1S/C20H16F2O10/c21-8-3-11(30-20-17(26)16(25)15(24)12(4-23)31-20)14(22)18-13(8)6-1-9-10(29-5-28-9)2-7(6)19(27)32-18/h1-3,12,15-17,20,23-26H,4-5H2/t12-,15-,16+,17-,20-/m1/s1. The number of hydrogen-bond acceptors (Lipinski definition) is 10. The molecular formula is C20H16F2O10. The van der Waals surface area contributed by atoms with E-state index in [1.54, 1.807) is 0 Å². The van der Waals surface area contributed by atoms with E-state index in [-0.39, 0.29) is 34.5 Å². The Labute approximate surface area is 176 Å². The summed E-state index contributed by atoms with van der Waals surface area (Å²) < 4.78 is 56.0. The van der Waals surface area contributed by atoms with E-state index in [4.69, 9.17) is 23.4 Å². The molecule has 2 aromatic carbocycles. The minimum absolute atomic E-state index is 0.0243. The molecule has 0 bridgehead atoms. The molecular weight excluding hydrogens is 438 g/mol. The van der Waals surface area contributed by atoms with Crippen molar-refractivity contribution in [2.75, 3.05) is 13.4 Å². The maximum absolute atomic E-state index is 15.2. The molecule has 4 N–H and O–H groups in total. The van der Waals surface area contributed by atoms with E-state index in [2.05, 4.69) is 0 Å². The van der Waals surface area contributed by atoms with Crippen molar-refractivity contribution in [1.82, 2.24) is 0 Å². The molecule has 3 aromatic rings. The van der Waals surface area contributed by atoms with Gasteiger partial charge in [0.15, 0.2) is 22.8 Å². The third kappa shape index (κ3) is 3.07. The highest BCUT2D eigenvalue weighted by molar-refractivity contribution is 6.06. The van der Waals surface area contributed by atoms with Crippen LogP contribution < -0.4 is 19.8 Å². The molecule has 0 spiro atoms. The van der Waals surface area contributed by atoms with Crippen LogP contribution in [0.1, 0.15) is 0 Å². The Kier molecular flexibility index (Phi) is 4.91. The van der Waals surface area contributed by atoms with Gasteiger partial charge in [-0.15, -0.1) is 0 Å². The van der Waals surface area contributed by atoms with Crippen LogP contribution in [0.5, 0.6) is 17.2 Å². The number of hydrogen-bond donors (Lipinski definition) is 4. The second kappa shape index (κ2) is 7.53. The predicted octanol–water partition coefficient (Wildman–Crippen LogP) is 0.132. The fourth-order valence-corrected chi connectivity index (χ4v) is 3.77. The van der Waals surface area contributed by atoms with Gasteiger partial charge in [0.1, 0.15) is 30.2 Å². The quantitative estimate of drug-likeness (QED) is 0.318. The number of ether oxygens (including phenoxy) is 4. The molecule has 170 valence electrons. The second-order valence-corrected chi connectivity index (χ2v) is 7.33. The van der Waals surface area contributed by atoms with E-state index < -0.39 is 65.9 Å². The summed E-state index contributed by atoms with van der Waals surface area (Å²) in [5.41, 5.74) is -1.71. The minimum atomic E-state index is -1.85. The predicted molar refractivity (Wildman–Crippen MR) is 100 cm³/mol. The van der Waals surface area contributed by atoms with Gasteiger partial charge in [-0.05, 0) is 12.1 Å². The van der Waals surface area contributed by atoms with Crippen LogP contribution in [0.4, 0.5) is 8.78 Å². The van der Waals surface area contributed by atoms with Gasteiger partial charge in [-0.25, -0.2) is 9.18 Å². The van der Waals surface area contributed by atoms with E-state index in [1.807, 2.05) is 0 Å². The lowest BCUT2D eigenvalue weighted by Crippen LogP contribution is -2.60. The van der Waals surface area contributed by atoms with Gasteiger partial charge in [-0.2, -0.15) is 4.39 Å². The number of halogens is 2. The molecule has 1 saturated heterocycles. The average Bonchev–Trinajstić information content (AvgIpc) is 3.23. The molecule has 0 aliphatic carbocycles. The Morgan fingerprint density at radius 1 is 1.00 bits per heavy atom. The Morgan fingerprint density at radius 2 is 1.69 bits per heavy atom. The van der Waals surface area contributed by atoms with Crippen molar-refractivity contribution in [1.29, 1.82) is 0 Å². The minimum Gasteiger partial charge on any atom is -0.459 e. The van der Waals surface area contributed by atoms with Gasteiger partial charge >= 0.3 is 5.63 Å². The van der Waals surface area contributed by atoms with Crippen molar-refractivity contribution < 1.29 is 52.6 Å². The molecule has 2 aliphatic heterocycles. The highest BCUT2D eigenvalue weighted by atomic mass is 19.1. The molecule has 2 aliphatic rings. The largest absolute Gasteiger partial charge is 0.459 e. The second-order valence-electron chi connectivity index (χ2n) is 7.33. The summed E-state index contributed by atoms with van der Waals surface area (Å²) in [6.45, 7) is -0.834. The van der Waals surface area contributed by atoms with E-state index >= 15 is 8.78 Å². The Hall–Kier alpha value is -3.03. The molecule has 1 aromatic heterocycles. The third-order valence-corrected chi connectivity index (χ3v) is 5.43. The van der Waals surface area contributed by atoms with E-state index in [0.717, 1.165) is 0 Å². The van der Waals surface area contributed by atoms with Gasteiger partial charge in [0.05, 0.1) is 17.4 Å². The molecule has 0 radical (unpaired) electrons. The fourth-order valence-electron chi connectivity index (χ4n) is 3.77. The van der Waals surface area contributed by atoms with Crippen LogP contribution in [0.2, 0.25) is 0 Å². The lowest BCUT2D eigenvalue weighted by atomic mass is 9.99. The van der Waals surface area contributed by atoms with E-state index in [0.29, 0.717) is 6.07 Å². The van der Waals surface area contributed by atoms with Crippen molar-refractivity contribution >= 4 is 21.7 Å². The first-order chi connectivity index (χ1) is 15.3. The van der Waals surface area contributed by atoms with Gasteiger partial charge in [0, 0.05) is 11.5 Å². The van der Waals surface area contributed by atoms with Crippen molar-refractivity contribution in [2.45, 2.75) is 30.7 Å². The summed E-state index contributed by atoms with van der Waals surface area (Å²) in [6.07, 6.45) is -8.39. The number of aliphatic hydroxyl groups excluding tert-OH is 4. The lowest BCUT2D eigenvalue weighted by Gasteiger charge is -2.39. The molecule has 5 atom stereocenters. The molecule has 0 unspecified atom stereocenters. The number of fused-ring (bicyclic) bond motifs is 4. The van der Waals surface area contributed by atoms with Crippen LogP contribution in [0, 0.1) is 11.6 Å². The molecule has 12 heteroatoms. The SMILES string of the molecule is O=c1oc2c(F)c(O[C@@H]3O[C@H](CO)[C@@H](O)[C@H](O)[C@H]3O)cc(F)c2c2cc3c(cc12)OCO3. The van der Waals surface area contributed by atoms with Crippen molar-refractivity contribution in [3.8, 4) is 17.2 Å². The molecule has 5 rings (SSSR count). The summed E-state index contributed by atoms with van der Waals surface area (Å²) >= 11 is 0. The van der Waals surface area contributed by atoms with Gasteiger partial charge in [-0.1, -0.05) is 0 Å². The molecule has 0 amide bonds. The highest BCUT2D eigenvalue weighted by Gasteiger charge is 2.45. The summed E-state index contributed by atoms with van der Waals surface area (Å²) in [5.74, 6) is -2.58. The van der Waals surface area contributed by atoms with E-state index in [9.17, 15) is 25.2 Å². The zero-order valence-electron chi connectivity index (χ0n) is 16.0. The van der Waals surface area contributed by atoms with Crippen molar-refractivity contribution in [2.24, 2.45) is 0 Å². The van der Waals surface area contributed by atoms with Gasteiger partial charge in [0.25, 0.3) is 0 Å². The lowest BCUT2D eigenvalue weighted by molar-refractivity contribution is -0.277. The average molecular weight is 454 g/mol. The van der Waals surface area contributed by atoms with Gasteiger partial charge in [0.2, 0.25) is 18.9 Å². The Balaban J connectivity index is 1.62. The smallest absolute Gasteiger partial charge is 0.344 e. The fraction of sp³-hybridized carbons (Fsp3) is 0.350. The zero-order chi connectivity index (χ0) is 22.7. The normalized spacial score (nSPS) is 27.2. The first-order valence-corrected chi connectivity index (χ1v) is 9.45. The highest BCUT2D eigenvalue weighted by Crippen LogP contribution is 2.40. The number of aliphatic hydroxyl groups is 4. The summed E-state index contributed by atoms with van der Waals surface area (Å²) in [5, 5.41) is 38.6. The summed E-state index contributed by atoms with van der Waals surface area (Å²) in [7, 11) is 0. The number of rotatable bonds is 3.